The molecule has 0 aliphatic carbocycles. The van der Waals surface area contributed by atoms with Gasteiger partial charge in [0.15, 0.2) is 0 Å². The van der Waals surface area contributed by atoms with E-state index in [9.17, 15) is 0 Å². The van der Waals surface area contributed by atoms with Crippen LogP contribution in [0.4, 0.5) is 0 Å². The Labute approximate surface area is 107 Å². The van der Waals surface area contributed by atoms with E-state index in [2.05, 4.69) is 23.8 Å². The van der Waals surface area contributed by atoms with Crippen LogP contribution in [-0.2, 0) is 12.8 Å². The first kappa shape index (κ1) is 12.0. The van der Waals surface area contributed by atoms with Gasteiger partial charge in [0.05, 0.1) is 18.0 Å². The Morgan fingerprint density at radius 2 is 2.00 bits per heavy atom. The Hall–Kier alpha value is -1.42. The summed E-state index contributed by atoms with van der Waals surface area (Å²) >= 11 is 4.23. The number of benzene rings is 1. The molecule has 4 heteroatoms. The molecule has 0 unspecified atom stereocenters. The van der Waals surface area contributed by atoms with Gasteiger partial charge in [0.25, 0.3) is 0 Å². The van der Waals surface area contributed by atoms with Crippen molar-refractivity contribution in [3.8, 4) is 17.0 Å². The van der Waals surface area contributed by atoms with Crippen LogP contribution in [0, 0.1) is 0 Å². The Morgan fingerprint density at radius 1 is 1.29 bits per heavy atom. The number of aryl methyl sites for hydroxylation is 1. The van der Waals surface area contributed by atoms with E-state index in [-0.39, 0.29) is 0 Å². The number of aromatic nitrogens is 2. The van der Waals surface area contributed by atoms with E-state index in [0.717, 1.165) is 22.7 Å². The summed E-state index contributed by atoms with van der Waals surface area (Å²) in [4.78, 5) is 0. The summed E-state index contributed by atoms with van der Waals surface area (Å²) in [5.74, 6) is 1.55. The van der Waals surface area contributed by atoms with Crippen LogP contribution in [0.2, 0.25) is 0 Å². The number of rotatable bonds is 4. The quantitative estimate of drug-likeness (QED) is 0.842. The Morgan fingerprint density at radius 3 is 2.53 bits per heavy atom. The van der Waals surface area contributed by atoms with Gasteiger partial charge >= 0.3 is 0 Å². The highest BCUT2D eigenvalue weighted by Crippen LogP contribution is 2.23. The van der Waals surface area contributed by atoms with Crippen molar-refractivity contribution in [3.05, 3.63) is 36.0 Å². The van der Waals surface area contributed by atoms with Gasteiger partial charge < -0.3 is 4.74 Å². The van der Waals surface area contributed by atoms with E-state index >= 15 is 0 Å². The first-order valence-electron chi connectivity index (χ1n) is 5.61. The highest BCUT2D eigenvalue weighted by molar-refractivity contribution is 7.79. The van der Waals surface area contributed by atoms with Gasteiger partial charge in [-0.2, -0.15) is 17.7 Å². The summed E-state index contributed by atoms with van der Waals surface area (Å²) in [7, 11) is 1.94. The van der Waals surface area contributed by atoms with E-state index < -0.39 is 0 Å². The number of ether oxygens (including phenoxy) is 1. The highest BCUT2D eigenvalue weighted by atomic mass is 32.1. The fourth-order valence-corrected chi connectivity index (χ4v) is 1.92. The first-order valence-corrected chi connectivity index (χ1v) is 6.25. The van der Waals surface area contributed by atoms with E-state index in [4.69, 9.17) is 4.74 Å². The molecule has 0 spiro atoms. The lowest BCUT2D eigenvalue weighted by Crippen LogP contribution is -1.95. The van der Waals surface area contributed by atoms with Crippen molar-refractivity contribution in [3.63, 3.8) is 0 Å². The summed E-state index contributed by atoms with van der Waals surface area (Å²) in [5.41, 5.74) is 3.22. The SMILES string of the molecule is CCOc1ccc(-c2cc(CS)nn2C)cc1. The molecule has 0 amide bonds. The van der Waals surface area contributed by atoms with Gasteiger partial charge in [0.2, 0.25) is 0 Å². The molecule has 0 N–H and O–H groups in total. The van der Waals surface area contributed by atoms with Gasteiger partial charge in [-0.1, -0.05) is 0 Å². The summed E-state index contributed by atoms with van der Waals surface area (Å²) in [6, 6.07) is 10.1. The molecule has 1 aromatic carbocycles. The van der Waals surface area contributed by atoms with Crippen LogP contribution in [0.1, 0.15) is 12.6 Å². The molecule has 0 atom stereocenters. The molecule has 0 aliphatic rings. The number of hydrogen-bond acceptors (Lipinski definition) is 3. The second-order valence-electron chi connectivity index (χ2n) is 3.76. The molecule has 2 rings (SSSR count). The van der Waals surface area contributed by atoms with Gasteiger partial charge in [0.1, 0.15) is 5.75 Å². The normalized spacial score (nSPS) is 10.5. The Kier molecular flexibility index (Phi) is 3.74. The van der Waals surface area contributed by atoms with E-state index in [0.29, 0.717) is 12.4 Å². The first-order chi connectivity index (χ1) is 8.24. The zero-order chi connectivity index (χ0) is 12.3. The Balaban J connectivity index is 2.29. The molecular weight excluding hydrogens is 232 g/mol. The van der Waals surface area contributed by atoms with E-state index in [1.54, 1.807) is 0 Å². The summed E-state index contributed by atoms with van der Waals surface area (Å²) < 4.78 is 7.29. The van der Waals surface area contributed by atoms with Gasteiger partial charge in [0, 0.05) is 18.4 Å². The average Bonchev–Trinajstić information content (AvgIpc) is 2.72. The second kappa shape index (κ2) is 5.27. The zero-order valence-corrected chi connectivity index (χ0v) is 10.9. The lowest BCUT2D eigenvalue weighted by molar-refractivity contribution is 0.340. The predicted octanol–water partition coefficient (Wildman–Crippen LogP) is 2.92. The minimum absolute atomic E-state index is 0.658. The largest absolute Gasteiger partial charge is 0.494 e. The molecule has 0 fully saturated rings. The van der Waals surface area contributed by atoms with Gasteiger partial charge in [-0.25, -0.2) is 0 Å². The van der Waals surface area contributed by atoms with Crippen molar-refractivity contribution in [2.45, 2.75) is 12.7 Å². The predicted molar refractivity (Wildman–Crippen MR) is 72.5 cm³/mol. The monoisotopic (exact) mass is 248 g/mol. The molecule has 90 valence electrons. The van der Waals surface area contributed by atoms with Crippen LogP contribution in [0.3, 0.4) is 0 Å². The second-order valence-corrected chi connectivity index (χ2v) is 4.08. The van der Waals surface area contributed by atoms with Gasteiger partial charge in [-0.15, -0.1) is 0 Å². The lowest BCUT2D eigenvalue weighted by Gasteiger charge is -2.05. The van der Waals surface area contributed by atoms with Crippen molar-refractivity contribution in [1.82, 2.24) is 9.78 Å². The van der Waals surface area contributed by atoms with Crippen molar-refractivity contribution in [2.75, 3.05) is 6.61 Å². The summed E-state index contributed by atoms with van der Waals surface area (Å²) in [6.45, 7) is 2.67. The van der Waals surface area contributed by atoms with Gasteiger partial charge in [-0.3, -0.25) is 4.68 Å². The molecule has 17 heavy (non-hydrogen) atoms. The van der Waals surface area contributed by atoms with Crippen LogP contribution >= 0.6 is 12.6 Å². The topological polar surface area (TPSA) is 27.1 Å². The maximum absolute atomic E-state index is 5.42. The van der Waals surface area contributed by atoms with Crippen molar-refractivity contribution in [1.29, 1.82) is 0 Å². The lowest BCUT2D eigenvalue weighted by atomic mass is 10.1. The van der Waals surface area contributed by atoms with Crippen LogP contribution < -0.4 is 4.74 Å². The average molecular weight is 248 g/mol. The van der Waals surface area contributed by atoms with Crippen LogP contribution in [0.25, 0.3) is 11.3 Å². The molecule has 3 nitrogen and oxygen atoms in total. The minimum Gasteiger partial charge on any atom is -0.494 e. The molecule has 0 radical (unpaired) electrons. The third-order valence-corrected chi connectivity index (χ3v) is 2.88. The molecular formula is C13H16N2OS. The molecule has 2 aromatic rings. The molecule has 0 aliphatic heterocycles. The van der Waals surface area contributed by atoms with Crippen LogP contribution in [0.5, 0.6) is 5.75 Å². The Bertz CT molecular complexity index is 491. The molecule has 1 heterocycles. The molecule has 0 saturated carbocycles. The third-order valence-electron chi connectivity index (χ3n) is 2.55. The minimum atomic E-state index is 0.658. The number of hydrogen-bond donors (Lipinski definition) is 1. The smallest absolute Gasteiger partial charge is 0.119 e. The zero-order valence-electron chi connectivity index (χ0n) is 10.1. The van der Waals surface area contributed by atoms with Crippen molar-refractivity contribution in [2.24, 2.45) is 7.05 Å². The van der Waals surface area contributed by atoms with Crippen LogP contribution in [0.15, 0.2) is 30.3 Å². The van der Waals surface area contributed by atoms with Gasteiger partial charge in [-0.05, 0) is 37.3 Å². The van der Waals surface area contributed by atoms with E-state index in [1.165, 1.54) is 0 Å². The maximum atomic E-state index is 5.42. The van der Waals surface area contributed by atoms with Crippen molar-refractivity contribution < 1.29 is 4.74 Å². The number of nitrogens with zero attached hydrogens (tertiary/aromatic N) is 2. The number of thiol groups is 1. The van der Waals surface area contributed by atoms with Crippen molar-refractivity contribution >= 4 is 12.6 Å². The fourth-order valence-electron chi connectivity index (χ4n) is 1.76. The molecule has 1 aromatic heterocycles. The standard InChI is InChI=1S/C13H16N2OS/c1-3-16-12-6-4-10(5-7-12)13-8-11(9-17)14-15(13)2/h4-8,17H,3,9H2,1-2H3. The molecule has 0 bridgehead atoms. The third kappa shape index (κ3) is 2.64. The van der Waals surface area contributed by atoms with Crippen LogP contribution in [-0.4, -0.2) is 16.4 Å². The summed E-state index contributed by atoms with van der Waals surface area (Å²) in [6.07, 6.45) is 0. The van der Waals surface area contributed by atoms with E-state index in [1.807, 2.05) is 42.9 Å². The summed E-state index contributed by atoms with van der Waals surface area (Å²) in [5, 5.41) is 4.37. The highest BCUT2D eigenvalue weighted by Gasteiger charge is 2.06. The molecule has 0 saturated heterocycles. The fraction of sp³-hybridized carbons (Fsp3) is 0.308. The maximum Gasteiger partial charge on any atom is 0.119 e.